The Hall–Kier alpha value is -3.43. The van der Waals surface area contributed by atoms with Crippen LogP contribution in [-0.2, 0) is 17.2 Å². The lowest BCUT2D eigenvalue weighted by Crippen LogP contribution is -2.32. The molecular weight excluding hydrogens is 466 g/mol. The molecular formula is C35H36NO2+. The van der Waals surface area contributed by atoms with Gasteiger partial charge in [-0.1, -0.05) is 62.7 Å². The Morgan fingerprint density at radius 3 is 2.39 bits per heavy atom. The van der Waals surface area contributed by atoms with Gasteiger partial charge in [-0.15, -0.1) is 0 Å². The summed E-state index contributed by atoms with van der Waals surface area (Å²) in [5.74, 6) is 2.51. The number of nitrogens with zero attached hydrogens (tertiary/aromatic N) is 1. The highest BCUT2D eigenvalue weighted by Crippen LogP contribution is 2.54. The molecule has 1 saturated heterocycles. The van der Waals surface area contributed by atoms with Crippen LogP contribution in [0.1, 0.15) is 61.8 Å². The molecule has 2 aliphatic rings. The first-order chi connectivity index (χ1) is 18.2. The molecule has 0 atom stereocenters. The number of aromatic nitrogens is 1. The van der Waals surface area contributed by atoms with E-state index in [9.17, 15) is 0 Å². The zero-order valence-electron chi connectivity index (χ0n) is 23.4. The lowest BCUT2D eigenvalue weighted by molar-refractivity contribution is -0.659. The van der Waals surface area contributed by atoms with Crippen molar-refractivity contribution in [1.29, 1.82) is 0 Å². The second kappa shape index (κ2) is 8.28. The standard InChI is InChI=1S/C35H36NO2/c1-20-10-11-26-27(18-20)21(2)30-33-31-25(12-15-36(33)6)24-9-7-8-23(22-13-16-37-17-14-22)28(24)19-29(31)38-34(30)32(26)35(3,4)5/h7-12,15,18-19,22H,13-14,16-17H2,1-6H3/q+1. The van der Waals surface area contributed by atoms with Gasteiger partial charge in [0.25, 0.3) is 0 Å². The molecule has 0 saturated carbocycles. The van der Waals surface area contributed by atoms with E-state index in [1.54, 1.807) is 0 Å². The summed E-state index contributed by atoms with van der Waals surface area (Å²) < 4.78 is 15.1. The highest BCUT2D eigenvalue weighted by Gasteiger charge is 2.36. The van der Waals surface area contributed by atoms with E-state index in [1.165, 1.54) is 65.8 Å². The van der Waals surface area contributed by atoms with Gasteiger partial charge in [0.1, 0.15) is 18.5 Å². The van der Waals surface area contributed by atoms with Crippen LogP contribution in [0.5, 0.6) is 11.5 Å². The van der Waals surface area contributed by atoms with E-state index in [1.807, 2.05) is 0 Å². The minimum Gasteiger partial charge on any atom is -0.455 e. The Bertz CT molecular complexity index is 1780. The smallest absolute Gasteiger partial charge is 0.228 e. The molecule has 0 unspecified atom stereocenters. The molecule has 0 N–H and O–H groups in total. The van der Waals surface area contributed by atoms with E-state index < -0.39 is 0 Å². The third-order valence-corrected chi connectivity index (χ3v) is 8.81. The summed E-state index contributed by atoms with van der Waals surface area (Å²) in [7, 11) is 2.17. The summed E-state index contributed by atoms with van der Waals surface area (Å²) in [6, 6.07) is 18.3. The molecule has 3 nitrogen and oxygen atoms in total. The average molecular weight is 503 g/mol. The monoisotopic (exact) mass is 502 g/mol. The van der Waals surface area contributed by atoms with Crippen molar-refractivity contribution in [2.45, 2.75) is 58.8 Å². The first kappa shape index (κ1) is 23.7. The molecule has 0 aliphatic carbocycles. The number of rotatable bonds is 1. The molecule has 0 radical (unpaired) electrons. The molecule has 192 valence electrons. The molecule has 0 spiro atoms. The largest absolute Gasteiger partial charge is 0.455 e. The molecule has 1 fully saturated rings. The van der Waals surface area contributed by atoms with E-state index in [-0.39, 0.29) is 5.41 Å². The van der Waals surface area contributed by atoms with Crippen LogP contribution in [0.25, 0.3) is 43.6 Å². The first-order valence-corrected chi connectivity index (χ1v) is 14.0. The zero-order chi connectivity index (χ0) is 26.3. The van der Waals surface area contributed by atoms with Crippen molar-refractivity contribution in [2.24, 2.45) is 7.05 Å². The van der Waals surface area contributed by atoms with Crippen molar-refractivity contribution >= 4 is 32.3 Å². The Labute approximate surface area is 225 Å². The lowest BCUT2D eigenvalue weighted by atomic mass is 9.78. The number of pyridine rings is 1. The molecule has 0 amide bonds. The average Bonchev–Trinajstić information content (AvgIpc) is 2.89. The maximum atomic E-state index is 7.09. The van der Waals surface area contributed by atoms with E-state index in [2.05, 4.69) is 101 Å². The number of fused-ring (bicyclic) bond motifs is 5. The summed E-state index contributed by atoms with van der Waals surface area (Å²) >= 11 is 0. The Kier molecular flexibility index (Phi) is 5.16. The molecule has 4 aromatic carbocycles. The van der Waals surface area contributed by atoms with Crippen LogP contribution in [0.15, 0.2) is 54.7 Å². The Morgan fingerprint density at radius 1 is 0.842 bits per heavy atom. The summed E-state index contributed by atoms with van der Waals surface area (Å²) in [5.41, 5.74) is 7.68. The van der Waals surface area contributed by atoms with Crippen molar-refractivity contribution in [3.63, 3.8) is 0 Å². The van der Waals surface area contributed by atoms with Gasteiger partial charge in [-0.2, -0.15) is 0 Å². The minimum atomic E-state index is -0.0840. The SMILES string of the molecule is Cc1ccc2c(C(C)(C)C)c3c(c(C)c2c1)-c1c2c(cc4c(C5CCOCC5)cccc4c2cc[n+]1C)O3. The predicted octanol–water partition coefficient (Wildman–Crippen LogP) is 8.55. The number of benzene rings is 4. The van der Waals surface area contributed by atoms with Crippen LogP contribution in [0.2, 0.25) is 0 Å². The molecule has 0 bridgehead atoms. The van der Waals surface area contributed by atoms with Crippen LogP contribution >= 0.6 is 0 Å². The van der Waals surface area contributed by atoms with Crippen molar-refractivity contribution < 1.29 is 14.0 Å². The number of hydrogen-bond acceptors (Lipinski definition) is 2. The van der Waals surface area contributed by atoms with Crippen LogP contribution in [0, 0.1) is 13.8 Å². The summed E-state index contributed by atoms with van der Waals surface area (Å²) in [6.07, 6.45) is 4.38. The van der Waals surface area contributed by atoms with Gasteiger partial charge in [0.05, 0.1) is 10.9 Å². The maximum Gasteiger partial charge on any atom is 0.228 e. The van der Waals surface area contributed by atoms with Gasteiger partial charge in [0.2, 0.25) is 5.69 Å². The third kappa shape index (κ3) is 3.34. The summed E-state index contributed by atoms with van der Waals surface area (Å²) in [6.45, 7) is 13.0. The molecule has 2 aliphatic heterocycles. The van der Waals surface area contributed by atoms with Crippen molar-refractivity contribution in [3.05, 3.63) is 77.0 Å². The third-order valence-electron chi connectivity index (χ3n) is 8.81. The number of ether oxygens (including phenoxy) is 2. The van der Waals surface area contributed by atoms with Crippen LogP contribution in [0.3, 0.4) is 0 Å². The normalized spacial score (nSPS) is 15.7. The van der Waals surface area contributed by atoms with E-state index in [0.717, 1.165) is 37.6 Å². The van der Waals surface area contributed by atoms with Gasteiger partial charge in [-0.05, 0) is 76.8 Å². The molecule has 3 heterocycles. The first-order valence-electron chi connectivity index (χ1n) is 14.0. The van der Waals surface area contributed by atoms with Crippen molar-refractivity contribution in [1.82, 2.24) is 0 Å². The molecule has 3 heteroatoms. The second-order valence-electron chi connectivity index (χ2n) is 12.4. The quantitative estimate of drug-likeness (QED) is 0.166. The maximum absolute atomic E-state index is 7.09. The zero-order valence-corrected chi connectivity index (χ0v) is 23.4. The van der Waals surface area contributed by atoms with Gasteiger partial charge >= 0.3 is 0 Å². The van der Waals surface area contributed by atoms with Gasteiger partial charge in [-0.25, -0.2) is 4.57 Å². The predicted molar refractivity (Wildman–Crippen MR) is 157 cm³/mol. The van der Waals surface area contributed by atoms with Gasteiger partial charge in [0, 0.05) is 30.2 Å². The van der Waals surface area contributed by atoms with Crippen LogP contribution < -0.4 is 9.30 Å². The van der Waals surface area contributed by atoms with Gasteiger partial charge in [0.15, 0.2) is 6.20 Å². The number of hydrogen-bond donors (Lipinski definition) is 0. The van der Waals surface area contributed by atoms with E-state index in [0.29, 0.717) is 5.92 Å². The topological polar surface area (TPSA) is 22.3 Å². The number of aryl methyl sites for hydroxylation is 3. The fourth-order valence-corrected chi connectivity index (χ4v) is 7.03. The summed E-state index contributed by atoms with van der Waals surface area (Å²) in [4.78, 5) is 0. The fourth-order valence-electron chi connectivity index (χ4n) is 7.03. The van der Waals surface area contributed by atoms with Crippen molar-refractivity contribution in [2.75, 3.05) is 13.2 Å². The fraction of sp³-hybridized carbons (Fsp3) is 0.343. The van der Waals surface area contributed by atoms with Crippen LogP contribution in [0.4, 0.5) is 0 Å². The highest BCUT2D eigenvalue weighted by molar-refractivity contribution is 6.17. The Morgan fingerprint density at radius 2 is 1.63 bits per heavy atom. The summed E-state index contributed by atoms with van der Waals surface area (Å²) in [5, 5.41) is 7.73. The molecule has 5 aromatic rings. The Balaban J connectivity index is 1.62. The lowest BCUT2D eigenvalue weighted by Gasteiger charge is -2.31. The minimum absolute atomic E-state index is 0.0840. The molecule has 38 heavy (non-hydrogen) atoms. The molecule has 7 rings (SSSR count). The van der Waals surface area contributed by atoms with Gasteiger partial charge in [-0.3, -0.25) is 0 Å². The molecule has 1 aromatic heterocycles. The van der Waals surface area contributed by atoms with Crippen molar-refractivity contribution in [3.8, 4) is 22.8 Å². The highest BCUT2D eigenvalue weighted by atomic mass is 16.5. The van der Waals surface area contributed by atoms with E-state index >= 15 is 0 Å². The van der Waals surface area contributed by atoms with Crippen LogP contribution in [-0.4, -0.2) is 13.2 Å². The van der Waals surface area contributed by atoms with E-state index in [4.69, 9.17) is 9.47 Å². The second-order valence-corrected chi connectivity index (χ2v) is 12.4. The van der Waals surface area contributed by atoms with Gasteiger partial charge < -0.3 is 9.47 Å².